The lowest BCUT2D eigenvalue weighted by Gasteiger charge is -2.07. The first kappa shape index (κ1) is 19.8. The fraction of sp³-hybridized carbons (Fsp3) is 0.0952. The molecule has 0 aliphatic rings. The summed E-state index contributed by atoms with van der Waals surface area (Å²) in [5, 5.41) is 12.5. The van der Waals surface area contributed by atoms with E-state index in [-0.39, 0.29) is 5.69 Å². The molecule has 31 heavy (non-hydrogen) atoms. The molecule has 0 spiro atoms. The SMILES string of the molecule is Cc1cnc(C(=O)NNC(=O)c2ccc(Cn3nnc(-c4ccccc4)n3)cc2)cn1. The van der Waals surface area contributed by atoms with Crippen LogP contribution >= 0.6 is 0 Å². The van der Waals surface area contributed by atoms with Gasteiger partial charge in [0.15, 0.2) is 0 Å². The Balaban J connectivity index is 1.33. The van der Waals surface area contributed by atoms with Crippen molar-refractivity contribution in [2.75, 3.05) is 0 Å². The van der Waals surface area contributed by atoms with Gasteiger partial charge in [-0.05, 0) is 29.8 Å². The highest BCUT2D eigenvalue weighted by Gasteiger charge is 2.11. The van der Waals surface area contributed by atoms with E-state index in [0.717, 1.165) is 11.1 Å². The monoisotopic (exact) mass is 414 g/mol. The second kappa shape index (κ2) is 8.91. The third-order valence-electron chi connectivity index (χ3n) is 4.33. The quantitative estimate of drug-likeness (QED) is 0.474. The van der Waals surface area contributed by atoms with Crippen molar-refractivity contribution < 1.29 is 9.59 Å². The molecule has 0 fully saturated rings. The standard InChI is InChI=1S/C21H18N8O2/c1-14-11-23-18(12-22-14)21(31)26-25-20(30)17-9-7-15(8-10-17)13-29-27-19(24-28-29)16-5-3-2-4-6-16/h2-12H,13H2,1H3,(H,25,30)(H,26,31). The first-order valence-corrected chi connectivity index (χ1v) is 9.40. The van der Waals surface area contributed by atoms with Crippen molar-refractivity contribution in [2.45, 2.75) is 13.5 Å². The van der Waals surface area contributed by atoms with Crippen molar-refractivity contribution in [3.05, 3.63) is 89.5 Å². The maximum atomic E-state index is 12.3. The zero-order valence-electron chi connectivity index (χ0n) is 16.6. The smallest absolute Gasteiger partial charge is 0.267 e. The summed E-state index contributed by atoms with van der Waals surface area (Å²) in [4.78, 5) is 33.7. The number of carbonyl (C=O) groups excluding carboxylic acids is 2. The molecular formula is C21H18N8O2. The van der Waals surface area contributed by atoms with Gasteiger partial charge in [0, 0.05) is 17.3 Å². The lowest BCUT2D eigenvalue weighted by molar-refractivity contribution is 0.0843. The van der Waals surface area contributed by atoms with Crippen LogP contribution in [0.1, 0.15) is 32.1 Å². The molecule has 0 bridgehead atoms. The van der Waals surface area contributed by atoms with E-state index < -0.39 is 11.8 Å². The number of amides is 2. The molecule has 0 atom stereocenters. The predicted molar refractivity (Wildman–Crippen MR) is 110 cm³/mol. The molecule has 0 unspecified atom stereocenters. The summed E-state index contributed by atoms with van der Waals surface area (Å²) in [6.45, 7) is 2.17. The van der Waals surface area contributed by atoms with Crippen molar-refractivity contribution >= 4 is 11.8 Å². The van der Waals surface area contributed by atoms with Gasteiger partial charge in [0.2, 0.25) is 5.82 Å². The lowest BCUT2D eigenvalue weighted by atomic mass is 10.1. The number of aromatic nitrogens is 6. The van der Waals surface area contributed by atoms with Crippen LogP contribution in [0.5, 0.6) is 0 Å². The fourth-order valence-electron chi connectivity index (χ4n) is 2.70. The van der Waals surface area contributed by atoms with Gasteiger partial charge in [0.25, 0.3) is 11.8 Å². The molecule has 2 heterocycles. The van der Waals surface area contributed by atoms with E-state index in [2.05, 4.69) is 36.2 Å². The van der Waals surface area contributed by atoms with Crippen molar-refractivity contribution in [3.63, 3.8) is 0 Å². The Labute approximate surface area is 177 Å². The predicted octanol–water partition coefficient (Wildman–Crippen LogP) is 1.56. The maximum Gasteiger partial charge on any atom is 0.289 e. The molecule has 0 saturated carbocycles. The Hall–Kier alpha value is -4.47. The second-order valence-electron chi connectivity index (χ2n) is 6.66. The topological polar surface area (TPSA) is 128 Å². The Morgan fingerprint density at radius 3 is 2.35 bits per heavy atom. The molecule has 4 rings (SSSR count). The third-order valence-corrected chi connectivity index (χ3v) is 4.33. The first-order valence-electron chi connectivity index (χ1n) is 9.40. The number of nitrogens with zero attached hydrogens (tertiary/aromatic N) is 6. The van der Waals surface area contributed by atoms with Crippen LogP contribution in [0.25, 0.3) is 11.4 Å². The first-order chi connectivity index (χ1) is 15.1. The van der Waals surface area contributed by atoms with E-state index in [0.29, 0.717) is 23.6 Å². The number of hydrogen-bond donors (Lipinski definition) is 2. The number of hydrazine groups is 1. The molecule has 154 valence electrons. The summed E-state index contributed by atoms with van der Waals surface area (Å²) >= 11 is 0. The number of rotatable bonds is 5. The molecular weight excluding hydrogens is 396 g/mol. The number of aryl methyl sites for hydroxylation is 1. The Bertz CT molecular complexity index is 1190. The van der Waals surface area contributed by atoms with Gasteiger partial charge in [0.1, 0.15) is 5.69 Å². The Morgan fingerprint density at radius 1 is 0.903 bits per heavy atom. The van der Waals surface area contributed by atoms with Crippen LogP contribution in [0.15, 0.2) is 67.0 Å². The van der Waals surface area contributed by atoms with Gasteiger partial charge in [-0.25, -0.2) is 4.98 Å². The van der Waals surface area contributed by atoms with Crippen LogP contribution in [0.3, 0.4) is 0 Å². The van der Waals surface area contributed by atoms with Crippen molar-refractivity contribution in [3.8, 4) is 11.4 Å². The van der Waals surface area contributed by atoms with Crippen molar-refractivity contribution in [1.82, 2.24) is 41.0 Å². The average molecular weight is 414 g/mol. The second-order valence-corrected chi connectivity index (χ2v) is 6.66. The number of hydrogen-bond acceptors (Lipinski definition) is 7. The van der Waals surface area contributed by atoms with Gasteiger partial charge in [-0.15, -0.1) is 10.2 Å². The summed E-state index contributed by atoms with van der Waals surface area (Å²) < 4.78 is 0. The van der Waals surface area contributed by atoms with Crippen LogP contribution in [0.4, 0.5) is 0 Å². The van der Waals surface area contributed by atoms with E-state index in [1.165, 1.54) is 17.2 Å². The summed E-state index contributed by atoms with van der Waals surface area (Å²) in [5.41, 5.74) is 7.64. The molecule has 10 heteroatoms. The van der Waals surface area contributed by atoms with Gasteiger partial charge >= 0.3 is 0 Å². The van der Waals surface area contributed by atoms with Crippen LogP contribution in [0.2, 0.25) is 0 Å². The van der Waals surface area contributed by atoms with Crippen LogP contribution in [-0.4, -0.2) is 42.0 Å². The molecule has 2 aromatic carbocycles. The van der Waals surface area contributed by atoms with Crippen LogP contribution in [-0.2, 0) is 6.54 Å². The van der Waals surface area contributed by atoms with Gasteiger partial charge in [-0.2, -0.15) is 4.80 Å². The molecule has 0 aliphatic carbocycles. The summed E-state index contributed by atoms with van der Waals surface area (Å²) in [7, 11) is 0. The Kier molecular flexibility index (Phi) is 5.70. The van der Waals surface area contributed by atoms with Crippen LogP contribution < -0.4 is 10.9 Å². The summed E-state index contributed by atoms with van der Waals surface area (Å²) in [5.74, 6) is -0.459. The van der Waals surface area contributed by atoms with E-state index in [4.69, 9.17) is 0 Å². The molecule has 0 radical (unpaired) electrons. The molecule has 2 N–H and O–H groups in total. The molecule has 2 amide bonds. The zero-order valence-corrected chi connectivity index (χ0v) is 16.6. The average Bonchev–Trinajstić information content (AvgIpc) is 3.27. The lowest BCUT2D eigenvalue weighted by Crippen LogP contribution is -2.42. The van der Waals surface area contributed by atoms with E-state index >= 15 is 0 Å². The highest BCUT2D eigenvalue weighted by atomic mass is 16.2. The highest BCUT2D eigenvalue weighted by molar-refractivity contribution is 5.98. The minimum Gasteiger partial charge on any atom is -0.267 e. The fourth-order valence-corrected chi connectivity index (χ4v) is 2.70. The van der Waals surface area contributed by atoms with E-state index in [1.54, 1.807) is 31.2 Å². The number of carbonyl (C=O) groups is 2. The van der Waals surface area contributed by atoms with E-state index in [9.17, 15) is 9.59 Å². The summed E-state index contributed by atoms with van der Waals surface area (Å²) in [6.07, 6.45) is 2.81. The highest BCUT2D eigenvalue weighted by Crippen LogP contribution is 2.12. The maximum absolute atomic E-state index is 12.3. The number of nitrogens with one attached hydrogen (secondary N) is 2. The molecule has 0 aliphatic heterocycles. The number of benzene rings is 2. The molecule has 0 saturated heterocycles. The van der Waals surface area contributed by atoms with Gasteiger partial charge < -0.3 is 0 Å². The van der Waals surface area contributed by atoms with Crippen molar-refractivity contribution in [1.29, 1.82) is 0 Å². The van der Waals surface area contributed by atoms with Crippen LogP contribution in [0, 0.1) is 6.92 Å². The number of tetrazole rings is 1. The normalized spacial score (nSPS) is 10.5. The largest absolute Gasteiger partial charge is 0.289 e. The van der Waals surface area contributed by atoms with Crippen molar-refractivity contribution in [2.24, 2.45) is 0 Å². The van der Waals surface area contributed by atoms with Gasteiger partial charge in [-0.3, -0.25) is 25.4 Å². The van der Waals surface area contributed by atoms with E-state index in [1.807, 2.05) is 30.3 Å². The van der Waals surface area contributed by atoms with Gasteiger partial charge in [-0.1, -0.05) is 42.5 Å². The minimum absolute atomic E-state index is 0.108. The summed E-state index contributed by atoms with van der Waals surface area (Å²) in [6, 6.07) is 16.5. The molecule has 10 nitrogen and oxygen atoms in total. The minimum atomic E-state index is -0.552. The Morgan fingerprint density at radius 2 is 1.65 bits per heavy atom. The third kappa shape index (κ3) is 4.93. The molecule has 2 aromatic heterocycles. The zero-order chi connectivity index (χ0) is 21.6. The molecule has 4 aromatic rings. The van der Waals surface area contributed by atoms with Gasteiger partial charge in [0.05, 0.1) is 18.4 Å².